The van der Waals surface area contributed by atoms with Crippen molar-refractivity contribution in [1.82, 2.24) is 0 Å². The van der Waals surface area contributed by atoms with Gasteiger partial charge in [-0.3, -0.25) is 0 Å². The molecule has 0 N–H and O–H groups in total. The molecule has 0 bridgehead atoms. The summed E-state index contributed by atoms with van der Waals surface area (Å²) in [5.41, 5.74) is 1.62. The van der Waals surface area contributed by atoms with Crippen LogP contribution in [0.4, 0.5) is 11.4 Å². The van der Waals surface area contributed by atoms with Crippen molar-refractivity contribution in [3.05, 3.63) is 66.7 Å². The van der Waals surface area contributed by atoms with Gasteiger partial charge in [0.1, 0.15) is 11.4 Å². The number of hydrogen-bond acceptors (Lipinski definition) is 3. The van der Waals surface area contributed by atoms with E-state index in [2.05, 4.69) is 49.6 Å². The molecule has 0 aromatic heterocycles. The number of fused-ring (bicyclic) bond motifs is 1. The number of azo groups is 1. The fourth-order valence-corrected chi connectivity index (χ4v) is 2.78. The SMILES string of the molecule is C[N+](C)(C)CCCOc1ccc2ccccc2c1N=Nc1ccccc1. The molecular formula is C22H26N3O+. The monoisotopic (exact) mass is 348 g/mol. The summed E-state index contributed by atoms with van der Waals surface area (Å²) >= 11 is 0. The average molecular weight is 348 g/mol. The summed E-state index contributed by atoms with van der Waals surface area (Å²) in [6, 6.07) is 22.0. The third kappa shape index (κ3) is 4.90. The van der Waals surface area contributed by atoms with Crippen LogP contribution in [0.25, 0.3) is 10.8 Å². The van der Waals surface area contributed by atoms with Crippen molar-refractivity contribution in [2.45, 2.75) is 6.42 Å². The van der Waals surface area contributed by atoms with Gasteiger partial charge >= 0.3 is 0 Å². The van der Waals surface area contributed by atoms with E-state index in [0.717, 1.165) is 45.3 Å². The van der Waals surface area contributed by atoms with Gasteiger partial charge in [-0.2, -0.15) is 5.11 Å². The van der Waals surface area contributed by atoms with Gasteiger partial charge in [-0.1, -0.05) is 48.5 Å². The number of benzene rings is 3. The Labute approximate surface area is 155 Å². The Morgan fingerprint density at radius 3 is 2.31 bits per heavy atom. The molecular weight excluding hydrogens is 322 g/mol. The van der Waals surface area contributed by atoms with E-state index in [9.17, 15) is 0 Å². The Bertz CT molecular complexity index is 883. The Kier molecular flexibility index (Phi) is 5.64. The molecule has 0 unspecified atom stereocenters. The van der Waals surface area contributed by atoms with Crippen LogP contribution in [0.1, 0.15) is 6.42 Å². The molecule has 0 amide bonds. The van der Waals surface area contributed by atoms with Crippen LogP contribution in [-0.2, 0) is 0 Å². The number of rotatable bonds is 7. The number of ether oxygens (including phenoxy) is 1. The minimum absolute atomic E-state index is 0.668. The zero-order valence-corrected chi connectivity index (χ0v) is 15.7. The topological polar surface area (TPSA) is 34.0 Å². The molecule has 0 saturated heterocycles. The van der Waals surface area contributed by atoms with Gasteiger partial charge in [0, 0.05) is 11.8 Å². The molecule has 0 aliphatic rings. The molecule has 0 spiro atoms. The van der Waals surface area contributed by atoms with Crippen molar-refractivity contribution in [2.24, 2.45) is 10.2 Å². The molecule has 4 heteroatoms. The van der Waals surface area contributed by atoms with Crippen LogP contribution in [0.2, 0.25) is 0 Å². The lowest BCUT2D eigenvalue weighted by atomic mass is 10.1. The number of quaternary nitrogens is 1. The molecule has 0 aliphatic heterocycles. The van der Waals surface area contributed by atoms with E-state index >= 15 is 0 Å². The minimum Gasteiger partial charge on any atom is -0.491 e. The van der Waals surface area contributed by atoms with Gasteiger partial charge in [-0.15, -0.1) is 5.11 Å². The van der Waals surface area contributed by atoms with E-state index in [1.807, 2.05) is 48.5 Å². The van der Waals surface area contributed by atoms with Gasteiger partial charge in [-0.05, 0) is 23.6 Å². The highest BCUT2D eigenvalue weighted by atomic mass is 16.5. The molecule has 0 heterocycles. The molecule has 0 aliphatic carbocycles. The highest BCUT2D eigenvalue weighted by molar-refractivity contribution is 5.95. The van der Waals surface area contributed by atoms with Crippen LogP contribution in [0, 0.1) is 0 Å². The molecule has 4 nitrogen and oxygen atoms in total. The second-order valence-corrected chi connectivity index (χ2v) is 7.38. The average Bonchev–Trinajstić information content (AvgIpc) is 2.64. The van der Waals surface area contributed by atoms with Gasteiger partial charge in [0.05, 0.1) is 40.0 Å². The number of nitrogens with zero attached hydrogens (tertiary/aromatic N) is 3. The van der Waals surface area contributed by atoms with E-state index in [-0.39, 0.29) is 0 Å². The summed E-state index contributed by atoms with van der Waals surface area (Å²) in [5.74, 6) is 0.782. The minimum atomic E-state index is 0.668. The van der Waals surface area contributed by atoms with Crippen molar-refractivity contribution >= 4 is 22.1 Å². The lowest BCUT2D eigenvalue weighted by Crippen LogP contribution is -2.35. The molecule has 3 rings (SSSR count). The molecule has 0 atom stereocenters. The normalized spacial score (nSPS) is 12.0. The zero-order valence-electron chi connectivity index (χ0n) is 15.7. The molecule has 0 saturated carbocycles. The van der Waals surface area contributed by atoms with Crippen LogP contribution in [0.5, 0.6) is 5.75 Å². The molecule has 26 heavy (non-hydrogen) atoms. The van der Waals surface area contributed by atoms with Crippen molar-refractivity contribution in [2.75, 3.05) is 34.3 Å². The lowest BCUT2D eigenvalue weighted by Gasteiger charge is -2.23. The highest BCUT2D eigenvalue weighted by Gasteiger charge is 2.10. The number of hydrogen-bond donors (Lipinski definition) is 0. The zero-order chi connectivity index (χ0) is 18.4. The van der Waals surface area contributed by atoms with E-state index in [1.54, 1.807) is 0 Å². The highest BCUT2D eigenvalue weighted by Crippen LogP contribution is 2.37. The first-order valence-corrected chi connectivity index (χ1v) is 8.95. The van der Waals surface area contributed by atoms with Crippen molar-refractivity contribution in [3.8, 4) is 5.75 Å². The van der Waals surface area contributed by atoms with Crippen molar-refractivity contribution in [3.63, 3.8) is 0 Å². The van der Waals surface area contributed by atoms with E-state index < -0.39 is 0 Å². The fourth-order valence-electron chi connectivity index (χ4n) is 2.78. The van der Waals surface area contributed by atoms with Gasteiger partial charge in [0.2, 0.25) is 0 Å². The smallest absolute Gasteiger partial charge is 0.147 e. The van der Waals surface area contributed by atoms with E-state index in [0.29, 0.717) is 6.61 Å². The standard InChI is InChI=1S/C22H26N3O/c1-25(2,3)16-9-17-26-21-15-14-18-10-7-8-13-20(18)22(21)24-23-19-11-5-4-6-12-19/h4-8,10-15H,9,16-17H2,1-3H3/q+1. The van der Waals surface area contributed by atoms with E-state index in [1.165, 1.54) is 0 Å². The summed E-state index contributed by atoms with van der Waals surface area (Å²) in [5, 5.41) is 11.1. The molecule has 0 fully saturated rings. The third-order valence-electron chi connectivity index (χ3n) is 4.12. The van der Waals surface area contributed by atoms with Crippen LogP contribution < -0.4 is 4.74 Å². The summed E-state index contributed by atoms with van der Waals surface area (Å²) in [4.78, 5) is 0. The predicted molar refractivity (Wildman–Crippen MR) is 108 cm³/mol. The third-order valence-corrected chi connectivity index (χ3v) is 4.12. The van der Waals surface area contributed by atoms with E-state index in [4.69, 9.17) is 4.74 Å². The van der Waals surface area contributed by atoms with Gasteiger partial charge < -0.3 is 9.22 Å². The first-order chi connectivity index (χ1) is 12.5. The van der Waals surface area contributed by atoms with Gasteiger partial charge in [-0.25, -0.2) is 0 Å². The first-order valence-electron chi connectivity index (χ1n) is 8.95. The van der Waals surface area contributed by atoms with Crippen LogP contribution in [-0.4, -0.2) is 38.8 Å². The summed E-state index contributed by atoms with van der Waals surface area (Å²) in [7, 11) is 6.57. The second-order valence-electron chi connectivity index (χ2n) is 7.38. The lowest BCUT2D eigenvalue weighted by molar-refractivity contribution is -0.870. The Morgan fingerprint density at radius 2 is 1.54 bits per heavy atom. The van der Waals surface area contributed by atoms with Crippen LogP contribution in [0.15, 0.2) is 77.0 Å². The quantitative estimate of drug-likeness (QED) is 0.305. The molecule has 0 radical (unpaired) electrons. The van der Waals surface area contributed by atoms with Crippen molar-refractivity contribution < 1.29 is 9.22 Å². The predicted octanol–water partition coefficient (Wildman–Crippen LogP) is 5.73. The molecule has 134 valence electrons. The van der Waals surface area contributed by atoms with Crippen LogP contribution >= 0.6 is 0 Å². The second kappa shape index (κ2) is 8.11. The summed E-state index contributed by atoms with van der Waals surface area (Å²) in [6.45, 7) is 1.73. The maximum atomic E-state index is 6.07. The van der Waals surface area contributed by atoms with Crippen LogP contribution in [0.3, 0.4) is 0 Å². The maximum absolute atomic E-state index is 6.07. The summed E-state index contributed by atoms with van der Waals surface area (Å²) in [6.07, 6.45) is 0.992. The maximum Gasteiger partial charge on any atom is 0.147 e. The largest absolute Gasteiger partial charge is 0.491 e. The molecule has 3 aromatic rings. The first kappa shape index (κ1) is 18.1. The van der Waals surface area contributed by atoms with Crippen molar-refractivity contribution in [1.29, 1.82) is 0 Å². The Balaban J connectivity index is 1.86. The van der Waals surface area contributed by atoms with Gasteiger partial charge in [0.15, 0.2) is 0 Å². The fraction of sp³-hybridized carbons (Fsp3) is 0.273. The Hall–Kier alpha value is -2.72. The Morgan fingerprint density at radius 1 is 0.808 bits per heavy atom. The summed E-state index contributed by atoms with van der Waals surface area (Å²) < 4.78 is 7.00. The van der Waals surface area contributed by atoms with Gasteiger partial charge in [0.25, 0.3) is 0 Å². The molecule has 3 aromatic carbocycles.